The van der Waals surface area contributed by atoms with E-state index in [0.717, 1.165) is 24.0 Å². The summed E-state index contributed by atoms with van der Waals surface area (Å²) in [6.45, 7) is 11.4. The van der Waals surface area contributed by atoms with Crippen molar-refractivity contribution < 1.29 is 23.5 Å². The van der Waals surface area contributed by atoms with Gasteiger partial charge in [0.15, 0.2) is 23.0 Å². The molecule has 3 aromatic rings. The average molecular weight is 504 g/mol. The summed E-state index contributed by atoms with van der Waals surface area (Å²) in [4.78, 5) is 26.2. The van der Waals surface area contributed by atoms with E-state index in [4.69, 9.17) is 13.9 Å². The van der Waals surface area contributed by atoms with Crippen molar-refractivity contribution in [1.29, 1.82) is 0 Å². The lowest BCUT2D eigenvalue weighted by atomic mass is 9.62. The van der Waals surface area contributed by atoms with Crippen LogP contribution in [0.15, 0.2) is 46.9 Å². The fraction of sp³-hybridized carbons (Fsp3) is 0.419. The van der Waals surface area contributed by atoms with Gasteiger partial charge in [0.05, 0.1) is 14.2 Å². The molecule has 4 rings (SSSR count). The van der Waals surface area contributed by atoms with Crippen LogP contribution >= 0.6 is 0 Å². The van der Waals surface area contributed by atoms with Crippen LogP contribution in [-0.2, 0) is 17.3 Å². The van der Waals surface area contributed by atoms with E-state index in [2.05, 4.69) is 39.1 Å². The molecule has 196 valence electrons. The largest absolute Gasteiger partial charge is 0.493 e. The van der Waals surface area contributed by atoms with Crippen LogP contribution in [0, 0.1) is 6.92 Å². The Morgan fingerprint density at radius 3 is 2.22 bits per heavy atom. The molecule has 0 saturated carbocycles. The van der Waals surface area contributed by atoms with Gasteiger partial charge in [0, 0.05) is 12.1 Å². The van der Waals surface area contributed by atoms with Gasteiger partial charge in [-0.3, -0.25) is 9.59 Å². The Morgan fingerprint density at radius 2 is 1.57 bits per heavy atom. The number of furan rings is 1. The number of ether oxygens (including phenoxy) is 2. The summed E-state index contributed by atoms with van der Waals surface area (Å²) in [7, 11) is 3.18. The summed E-state index contributed by atoms with van der Waals surface area (Å²) < 4.78 is 16.5. The van der Waals surface area contributed by atoms with Crippen molar-refractivity contribution in [2.45, 2.75) is 64.7 Å². The van der Waals surface area contributed by atoms with Gasteiger partial charge in [-0.05, 0) is 83.5 Å². The first kappa shape index (κ1) is 26.5. The lowest BCUT2D eigenvalue weighted by Gasteiger charge is -2.42. The minimum Gasteiger partial charge on any atom is -0.493 e. The number of carbonyl (C=O) groups excluding carboxylic acids is 2. The smallest absolute Gasteiger partial charge is 0.287 e. The van der Waals surface area contributed by atoms with E-state index in [1.165, 1.54) is 11.1 Å². The van der Waals surface area contributed by atoms with E-state index in [9.17, 15) is 9.59 Å². The van der Waals surface area contributed by atoms with Crippen LogP contribution in [-0.4, -0.2) is 32.5 Å². The molecular weight excluding hydrogens is 466 g/mol. The van der Waals surface area contributed by atoms with E-state index in [-0.39, 0.29) is 34.0 Å². The molecule has 2 aromatic carbocycles. The zero-order valence-electron chi connectivity index (χ0n) is 22.9. The van der Waals surface area contributed by atoms with E-state index >= 15 is 0 Å². The van der Waals surface area contributed by atoms with Crippen LogP contribution < -0.4 is 14.8 Å². The molecule has 1 aromatic heterocycles. The number of nitrogens with one attached hydrogen (secondary N) is 1. The summed E-state index contributed by atoms with van der Waals surface area (Å²) in [6, 6.07) is 13.0. The van der Waals surface area contributed by atoms with Crippen molar-refractivity contribution in [3.63, 3.8) is 0 Å². The lowest BCUT2D eigenvalue weighted by molar-refractivity contribution is 0.0920. The van der Waals surface area contributed by atoms with Gasteiger partial charge in [0.2, 0.25) is 5.78 Å². The highest BCUT2D eigenvalue weighted by Gasteiger charge is 2.38. The zero-order chi connectivity index (χ0) is 27.0. The molecule has 0 unspecified atom stereocenters. The highest BCUT2D eigenvalue weighted by molar-refractivity contribution is 6.09. The third-order valence-corrected chi connectivity index (χ3v) is 7.66. The van der Waals surface area contributed by atoms with Gasteiger partial charge in [0.1, 0.15) is 0 Å². The Kier molecular flexibility index (Phi) is 7.22. The third-order valence-electron chi connectivity index (χ3n) is 7.66. The Bertz CT molecular complexity index is 1330. The monoisotopic (exact) mass is 503 g/mol. The molecule has 37 heavy (non-hydrogen) atoms. The fourth-order valence-corrected chi connectivity index (χ4v) is 5.23. The average Bonchev–Trinajstić information content (AvgIpc) is 3.36. The number of hydrogen-bond donors (Lipinski definition) is 1. The standard InChI is InChI=1S/C31H37NO5/c1-19-17-22-23(31(4,5)15-14-30(22,2)3)18-21(19)27(33)24-11-12-26(37-24)29(34)32-16-13-20-9-8-10-25(35-6)28(20)36-7/h8-12,17-18H,13-16H2,1-7H3,(H,32,34). The first-order chi connectivity index (χ1) is 17.5. The zero-order valence-corrected chi connectivity index (χ0v) is 22.9. The molecule has 1 N–H and O–H groups in total. The number of aryl methyl sites for hydroxylation is 1. The second-order valence-corrected chi connectivity index (χ2v) is 11.1. The van der Waals surface area contributed by atoms with E-state index in [1.54, 1.807) is 26.4 Å². The van der Waals surface area contributed by atoms with Crippen molar-refractivity contribution in [2.24, 2.45) is 0 Å². The lowest BCUT2D eigenvalue weighted by Crippen LogP contribution is -2.34. The van der Waals surface area contributed by atoms with Crippen LogP contribution in [0.5, 0.6) is 11.5 Å². The summed E-state index contributed by atoms with van der Waals surface area (Å²) >= 11 is 0. The molecule has 6 nitrogen and oxygen atoms in total. The SMILES string of the molecule is COc1cccc(CCNC(=O)c2ccc(C(=O)c3cc4c(cc3C)C(C)(C)CCC4(C)C)o2)c1OC. The normalized spacial score (nSPS) is 15.5. The summed E-state index contributed by atoms with van der Waals surface area (Å²) in [5.41, 5.74) is 5.06. The summed E-state index contributed by atoms with van der Waals surface area (Å²) in [5, 5.41) is 2.86. The summed E-state index contributed by atoms with van der Waals surface area (Å²) in [6.07, 6.45) is 2.73. The number of methoxy groups -OCH3 is 2. The predicted octanol–water partition coefficient (Wildman–Crippen LogP) is 6.16. The number of benzene rings is 2. The van der Waals surface area contributed by atoms with E-state index < -0.39 is 0 Å². The van der Waals surface area contributed by atoms with Gasteiger partial charge >= 0.3 is 0 Å². The molecular formula is C31H37NO5. The minimum absolute atomic E-state index is 0.00670. The second kappa shape index (κ2) is 10.1. The molecule has 0 fully saturated rings. The second-order valence-electron chi connectivity index (χ2n) is 11.1. The first-order valence-electron chi connectivity index (χ1n) is 12.8. The summed E-state index contributed by atoms with van der Waals surface area (Å²) in [5.74, 6) is 0.987. The Morgan fingerprint density at radius 1 is 0.919 bits per heavy atom. The van der Waals surface area contributed by atoms with Crippen molar-refractivity contribution in [3.05, 3.63) is 81.8 Å². The maximum atomic E-state index is 13.4. The van der Waals surface area contributed by atoms with Crippen LogP contribution in [0.4, 0.5) is 0 Å². The Balaban J connectivity index is 1.49. The Labute approximate surface area is 219 Å². The molecule has 0 radical (unpaired) electrons. The highest BCUT2D eigenvalue weighted by atomic mass is 16.5. The van der Waals surface area contributed by atoms with Crippen molar-refractivity contribution in [2.75, 3.05) is 20.8 Å². The third kappa shape index (κ3) is 5.15. The number of fused-ring (bicyclic) bond motifs is 1. The molecule has 0 bridgehead atoms. The maximum absolute atomic E-state index is 13.4. The first-order valence-corrected chi connectivity index (χ1v) is 12.8. The fourth-order valence-electron chi connectivity index (χ4n) is 5.23. The highest BCUT2D eigenvalue weighted by Crippen LogP contribution is 2.46. The topological polar surface area (TPSA) is 77.8 Å². The molecule has 1 aliphatic carbocycles. The minimum atomic E-state index is -0.369. The number of amides is 1. The van der Waals surface area contributed by atoms with Gasteiger partial charge in [-0.2, -0.15) is 0 Å². The van der Waals surface area contributed by atoms with E-state index in [0.29, 0.717) is 30.0 Å². The van der Waals surface area contributed by atoms with Crippen molar-refractivity contribution in [3.8, 4) is 11.5 Å². The molecule has 1 heterocycles. The van der Waals surface area contributed by atoms with Crippen LogP contribution in [0.2, 0.25) is 0 Å². The van der Waals surface area contributed by atoms with Gasteiger partial charge in [-0.25, -0.2) is 0 Å². The van der Waals surface area contributed by atoms with Gasteiger partial charge < -0.3 is 19.2 Å². The predicted molar refractivity (Wildman–Crippen MR) is 144 cm³/mol. The maximum Gasteiger partial charge on any atom is 0.287 e. The number of ketones is 1. The van der Waals surface area contributed by atoms with Crippen molar-refractivity contribution >= 4 is 11.7 Å². The molecule has 1 amide bonds. The van der Waals surface area contributed by atoms with E-state index in [1.807, 2.05) is 31.2 Å². The molecule has 0 aliphatic heterocycles. The molecule has 0 atom stereocenters. The molecule has 6 heteroatoms. The quantitative estimate of drug-likeness (QED) is 0.373. The van der Waals surface area contributed by atoms with Crippen LogP contribution in [0.1, 0.15) is 89.5 Å². The van der Waals surface area contributed by atoms with Gasteiger partial charge in [-0.1, -0.05) is 45.9 Å². The molecule has 1 aliphatic rings. The number of hydrogen-bond acceptors (Lipinski definition) is 5. The molecule has 0 spiro atoms. The van der Waals surface area contributed by atoms with Gasteiger partial charge in [0.25, 0.3) is 5.91 Å². The number of carbonyl (C=O) groups is 2. The van der Waals surface area contributed by atoms with Crippen molar-refractivity contribution in [1.82, 2.24) is 5.32 Å². The number of rotatable bonds is 8. The molecule has 0 saturated heterocycles. The van der Waals surface area contributed by atoms with Crippen LogP contribution in [0.25, 0.3) is 0 Å². The van der Waals surface area contributed by atoms with Gasteiger partial charge in [-0.15, -0.1) is 0 Å². The van der Waals surface area contributed by atoms with Crippen LogP contribution in [0.3, 0.4) is 0 Å². The number of para-hydroxylation sites is 1. The Hall–Kier alpha value is -3.54.